The van der Waals surface area contributed by atoms with Gasteiger partial charge in [-0.05, 0) is 39.1 Å². The Morgan fingerprint density at radius 3 is 2.52 bits per heavy atom. The largest absolute Gasteiger partial charge is 0.340 e. The summed E-state index contributed by atoms with van der Waals surface area (Å²) in [6.45, 7) is 5.49. The number of hydrogen-bond acceptors (Lipinski definition) is 3. The standard InChI is InChI=1S/C18H26N4O/c1-6-22-13-15(11-19-22)12-21(5)18(23)17(20(3)4)16-10-8-7-9-14(16)2/h7-11,13,17H,6,12H2,1-5H3/t17-/m0/s1. The Balaban J connectivity index is 2.19. The monoisotopic (exact) mass is 314 g/mol. The summed E-state index contributed by atoms with van der Waals surface area (Å²) < 4.78 is 1.87. The van der Waals surface area contributed by atoms with Crippen molar-refractivity contribution in [2.75, 3.05) is 21.1 Å². The summed E-state index contributed by atoms with van der Waals surface area (Å²) in [5.74, 6) is 0.0912. The van der Waals surface area contributed by atoms with Crippen LogP contribution < -0.4 is 0 Å². The maximum Gasteiger partial charge on any atom is 0.244 e. The van der Waals surface area contributed by atoms with Gasteiger partial charge in [-0.3, -0.25) is 14.4 Å². The van der Waals surface area contributed by atoms with Gasteiger partial charge < -0.3 is 4.90 Å². The lowest BCUT2D eigenvalue weighted by Crippen LogP contribution is -2.38. The first-order valence-electron chi connectivity index (χ1n) is 7.92. The number of hydrogen-bond donors (Lipinski definition) is 0. The molecule has 0 aliphatic carbocycles. The molecule has 23 heavy (non-hydrogen) atoms. The third-order valence-corrected chi connectivity index (χ3v) is 4.04. The first kappa shape index (κ1) is 17.2. The minimum atomic E-state index is -0.276. The van der Waals surface area contributed by atoms with E-state index < -0.39 is 0 Å². The van der Waals surface area contributed by atoms with Gasteiger partial charge in [-0.2, -0.15) is 5.10 Å². The average molecular weight is 314 g/mol. The van der Waals surface area contributed by atoms with Crippen LogP contribution in [0.5, 0.6) is 0 Å². The van der Waals surface area contributed by atoms with Crippen molar-refractivity contribution in [1.82, 2.24) is 19.6 Å². The van der Waals surface area contributed by atoms with Crippen molar-refractivity contribution < 1.29 is 4.79 Å². The molecule has 0 bridgehead atoms. The van der Waals surface area contributed by atoms with E-state index in [2.05, 4.69) is 5.10 Å². The van der Waals surface area contributed by atoms with Crippen molar-refractivity contribution in [3.8, 4) is 0 Å². The molecule has 124 valence electrons. The first-order chi connectivity index (χ1) is 10.9. The van der Waals surface area contributed by atoms with Crippen molar-refractivity contribution in [2.24, 2.45) is 0 Å². The molecule has 2 rings (SSSR count). The summed E-state index contributed by atoms with van der Waals surface area (Å²) in [6.07, 6.45) is 3.81. The molecule has 0 N–H and O–H groups in total. The van der Waals surface area contributed by atoms with Gasteiger partial charge in [0.2, 0.25) is 5.91 Å². The number of rotatable bonds is 6. The lowest BCUT2D eigenvalue weighted by molar-refractivity contribution is -0.135. The van der Waals surface area contributed by atoms with Gasteiger partial charge in [0.05, 0.1) is 6.20 Å². The summed E-state index contributed by atoms with van der Waals surface area (Å²) in [5, 5.41) is 4.27. The van der Waals surface area contributed by atoms with E-state index in [0.29, 0.717) is 6.54 Å². The number of carbonyl (C=O) groups excluding carboxylic acids is 1. The fraction of sp³-hybridized carbons (Fsp3) is 0.444. The van der Waals surface area contributed by atoms with Gasteiger partial charge in [-0.1, -0.05) is 24.3 Å². The van der Waals surface area contributed by atoms with Gasteiger partial charge in [-0.25, -0.2) is 0 Å². The number of carbonyl (C=O) groups is 1. The molecule has 5 nitrogen and oxygen atoms in total. The topological polar surface area (TPSA) is 41.4 Å². The third-order valence-electron chi connectivity index (χ3n) is 4.04. The number of aryl methyl sites for hydroxylation is 2. The van der Waals surface area contributed by atoms with Crippen molar-refractivity contribution in [3.63, 3.8) is 0 Å². The van der Waals surface area contributed by atoms with Crippen LogP contribution >= 0.6 is 0 Å². The zero-order valence-corrected chi connectivity index (χ0v) is 14.7. The van der Waals surface area contributed by atoms with E-state index in [1.807, 2.05) is 81.2 Å². The Labute approximate surface area is 138 Å². The molecular formula is C18H26N4O. The Hall–Kier alpha value is -2.14. The maximum atomic E-state index is 13.0. The summed E-state index contributed by atoms with van der Waals surface area (Å²) in [6, 6.07) is 7.78. The smallest absolute Gasteiger partial charge is 0.244 e. The highest BCUT2D eigenvalue weighted by atomic mass is 16.2. The quantitative estimate of drug-likeness (QED) is 0.822. The lowest BCUT2D eigenvalue weighted by atomic mass is 9.99. The van der Waals surface area contributed by atoms with Crippen LogP contribution in [0.2, 0.25) is 0 Å². The van der Waals surface area contributed by atoms with Crippen LogP contribution in [-0.2, 0) is 17.9 Å². The lowest BCUT2D eigenvalue weighted by Gasteiger charge is -2.29. The van der Waals surface area contributed by atoms with Gasteiger partial charge in [0.15, 0.2) is 0 Å². The minimum absolute atomic E-state index is 0.0912. The molecule has 0 fully saturated rings. The molecule has 2 aromatic rings. The molecule has 1 atom stereocenters. The molecular weight excluding hydrogens is 288 g/mol. The zero-order valence-electron chi connectivity index (χ0n) is 14.7. The van der Waals surface area contributed by atoms with Gasteiger partial charge in [-0.15, -0.1) is 0 Å². The Kier molecular flexibility index (Phi) is 5.55. The van der Waals surface area contributed by atoms with E-state index in [4.69, 9.17) is 0 Å². The highest BCUT2D eigenvalue weighted by molar-refractivity contribution is 5.83. The molecule has 0 saturated carbocycles. The van der Waals surface area contributed by atoms with Gasteiger partial charge in [0, 0.05) is 31.9 Å². The number of amides is 1. The van der Waals surface area contributed by atoms with E-state index >= 15 is 0 Å². The first-order valence-corrected chi connectivity index (χ1v) is 7.92. The van der Waals surface area contributed by atoms with Crippen LogP contribution in [-0.4, -0.2) is 46.6 Å². The van der Waals surface area contributed by atoms with Crippen molar-refractivity contribution in [1.29, 1.82) is 0 Å². The SMILES string of the molecule is CCn1cc(CN(C)C(=O)[C@H](c2ccccc2C)N(C)C)cn1. The Morgan fingerprint density at radius 2 is 1.96 bits per heavy atom. The molecule has 0 spiro atoms. The van der Waals surface area contributed by atoms with Gasteiger partial charge in [0.1, 0.15) is 6.04 Å². The van der Waals surface area contributed by atoms with Crippen molar-refractivity contribution in [3.05, 3.63) is 53.3 Å². The molecule has 1 heterocycles. The normalized spacial score (nSPS) is 12.4. The second kappa shape index (κ2) is 7.42. The van der Waals surface area contributed by atoms with E-state index in [0.717, 1.165) is 23.2 Å². The maximum absolute atomic E-state index is 13.0. The number of nitrogens with zero attached hydrogens (tertiary/aromatic N) is 4. The molecule has 0 radical (unpaired) electrons. The Bertz CT molecular complexity index is 663. The summed E-state index contributed by atoms with van der Waals surface area (Å²) in [4.78, 5) is 16.7. The predicted octanol–water partition coefficient (Wildman–Crippen LogP) is 2.47. The molecule has 1 amide bonds. The van der Waals surface area contributed by atoms with E-state index in [9.17, 15) is 4.79 Å². The Morgan fingerprint density at radius 1 is 1.26 bits per heavy atom. The van der Waals surface area contributed by atoms with Crippen LogP contribution in [0, 0.1) is 6.92 Å². The van der Waals surface area contributed by atoms with Gasteiger partial charge in [0.25, 0.3) is 0 Å². The predicted molar refractivity (Wildman–Crippen MR) is 92.0 cm³/mol. The molecule has 1 aromatic heterocycles. The van der Waals surface area contributed by atoms with E-state index in [1.165, 1.54) is 0 Å². The number of likely N-dealkylation sites (N-methyl/N-ethyl adjacent to an activating group) is 2. The summed E-state index contributed by atoms with van der Waals surface area (Å²) in [7, 11) is 5.73. The molecule has 0 aliphatic rings. The summed E-state index contributed by atoms with van der Waals surface area (Å²) in [5.41, 5.74) is 3.23. The van der Waals surface area contributed by atoms with Crippen molar-refractivity contribution >= 4 is 5.91 Å². The third kappa shape index (κ3) is 3.99. The molecule has 0 unspecified atom stereocenters. The highest BCUT2D eigenvalue weighted by Gasteiger charge is 2.27. The zero-order chi connectivity index (χ0) is 17.0. The van der Waals surface area contributed by atoms with Crippen LogP contribution in [0.1, 0.15) is 29.7 Å². The second-order valence-corrected chi connectivity index (χ2v) is 6.12. The fourth-order valence-electron chi connectivity index (χ4n) is 2.75. The van der Waals surface area contributed by atoms with E-state index in [-0.39, 0.29) is 11.9 Å². The van der Waals surface area contributed by atoms with Crippen LogP contribution in [0.4, 0.5) is 0 Å². The van der Waals surface area contributed by atoms with E-state index in [1.54, 1.807) is 4.90 Å². The van der Waals surface area contributed by atoms with Gasteiger partial charge >= 0.3 is 0 Å². The number of benzene rings is 1. The molecule has 0 aliphatic heterocycles. The summed E-state index contributed by atoms with van der Waals surface area (Å²) >= 11 is 0. The number of aromatic nitrogens is 2. The van der Waals surface area contributed by atoms with Crippen LogP contribution in [0.25, 0.3) is 0 Å². The molecule has 0 saturated heterocycles. The molecule has 5 heteroatoms. The highest BCUT2D eigenvalue weighted by Crippen LogP contribution is 2.24. The molecule has 1 aromatic carbocycles. The van der Waals surface area contributed by atoms with Crippen LogP contribution in [0.3, 0.4) is 0 Å². The average Bonchev–Trinajstić information content (AvgIpc) is 2.96. The fourth-order valence-corrected chi connectivity index (χ4v) is 2.75. The second-order valence-electron chi connectivity index (χ2n) is 6.12. The minimum Gasteiger partial charge on any atom is -0.340 e. The van der Waals surface area contributed by atoms with Crippen molar-refractivity contribution in [2.45, 2.75) is 33.0 Å². The van der Waals surface area contributed by atoms with Crippen LogP contribution in [0.15, 0.2) is 36.7 Å².